The standard InChI is InChI=1S/C19H23NO4/c1-14(2)24-18-8-4-15(5-9-18)19(21)20-16-6-10-17(11-7-16)23-13-12-22-3/h4-11,14H,12-13H2,1-3H3,(H,20,21). The Morgan fingerprint density at radius 2 is 1.58 bits per heavy atom. The Kier molecular flexibility index (Phi) is 6.63. The van der Waals surface area contributed by atoms with E-state index in [0.717, 1.165) is 11.5 Å². The van der Waals surface area contributed by atoms with Crippen molar-refractivity contribution in [3.63, 3.8) is 0 Å². The second kappa shape index (κ2) is 8.93. The van der Waals surface area contributed by atoms with Gasteiger partial charge in [-0.05, 0) is 62.4 Å². The van der Waals surface area contributed by atoms with Crippen LogP contribution in [0.5, 0.6) is 11.5 Å². The van der Waals surface area contributed by atoms with Gasteiger partial charge in [0.1, 0.15) is 18.1 Å². The molecule has 0 unspecified atom stereocenters. The number of nitrogens with one attached hydrogen (secondary N) is 1. The lowest BCUT2D eigenvalue weighted by Gasteiger charge is -2.10. The summed E-state index contributed by atoms with van der Waals surface area (Å²) in [4.78, 5) is 12.2. The molecule has 0 heterocycles. The molecule has 5 nitrogen and oxygen atoms in total. The molecule has 0 aliphatic heterocycles. The minimum atomic E-state index is -0.167. The van der Waals surface area contributed by atoms with E-state index in [1.165, 1.54) is 0 Å². The zero-order valence-electron chi connectivity index (χ0n) is 14.2. The Balaban J connectivity index is 1.91. The van der Waals surface area contributed by atoms with Crippen molar-refractivity contribution in [1.29, 1.82) is 0 Å². The number of carbonyl (C=O) groups excluding carboxylic acids is 1. The first-order valence-electron chi connectivity index (χ1n) is 7.88. The van der Waals surface area contributed by atoms with Crippen LogP contribution in [-0.4, -0.2) is 32.3 Å². The van der Waals surface area contributed by atoms with Crippen molar-refractivity contribution in [2.24, 2.45) is 0 Å². The van der Waals surface area contributed by atoms with E-state index in [-0.39, 0.29) is 12.0 Å². The molecule has 0 bridgehead atoms. The molecule has 0 fully saturated rings. The van der Waals surface area contributed by atoms with E-state index >= 15 is 0 Å². The molecule has 0 spiro atoms. The van der Waals surface area contributed by atoms with Crippen molar-refractivity contribution in [3.8, 4) is 11.5 Å². The largest absolute Gasteiger partial charge is 0.491 e. The zero-order valence-corrected chi connectivity index (χ0v) is 14.2. The van der Waals surface area contributed by atoms with Crippen molar-refractivity contribution < 1.29 is 19.0 Å². The van der Waals surface area contributed by atoms with Crippen LogP contribution in [0.1, 0.15) is 24.2 Å². The number of hydrogen-bond donors (Lipinski definition) is 1. The van der Waals surface area contributed by atoms with Gasteiger partial charge in [-0.25, -0.2) is 0 Å². The molecule has 128 valence electrons. The lowest BCUT2D eigenvalue weighted by molar-refractivity contribution is 0.102. The van der Waals surface area contributed by atoms with E-state index in [4.69, 9.17) is 14.2 Å². The molecule has 0 aliphatic carbocycles. The van der Waals surface area contributed by atoms with Crippen LogP contribution in [0.2, 0.25) is 0 Å². The fourth-order valence-corrected chi connectivity index (χ4v) is 2.04. The van der Waals surface area contributed by atoms with Crippen LogP contribution in [0, 0.1) is 0 Å². The Morgan fingerprint density at radius 3 is 2.17 bits per heavy atom. The molecular formula is C19H23NO4. The van der Waals surface area contributed by atoms with Crippen LogP contribution in [0.4, 0.5) is 5.69 Å². The van der Waals surface area contributed by atoms with Gasteiger partial charge in [0, 0.05) is 18.4 Å². The molecule has 1 amide bonds. The van der Waals surface area contributed by atoms with Crippen molar-refractivity contribution in [3.05, 3.63) is 54.1 Å². The average Bonchev–Trinajstić information content (AvgIpc) is 2.57. The molecule has 2 aromatic rings. The first-order valence-corrected chi connectivity index (χ1v) is 7.88. The van der Waals surface area contributed by atoms with Gasteiger partial charge in [0.2, 0.25) is 0 Å². The van der Waals surface area contributed by atoms with Gasteiger partial charge in [-0.15, -0.1) is 0 Å². The third-order valence-corrected chi connectivity index (χ3v) is 3.16. The number of carbonyl (C=O) groups is 1. The molecule has 2 rings (SSSR count). The zero-order chi connectivity index (χ0) is 17.4. The molecule has 0 saturated carbocycles. The molecule has 2 aromatic carbocycles. The van der Waals surface area contributed by atoms with Crippen molar-refractivity contribution in [2.45, 2.75) is 20.0 Å². The fraction of sp³-hybridized carbons (Fsp3) is 0.316. The molecule has 5 heteroatoms. The second-order valence-electron chi connectivity index (χ2n) is 5.51. The highest BCUT2D eigenvalue weighted by atomic mass is 16.5. The molecule has 0 saturated heterocycles. The Morgan fingerprint density at radius 1 is 0.958 bits per heavy atom. The lowest BCUT2D eigenvalue weighted by Crippen LogP contribution is -2.12. The minimum Gasteiger partial charge on any atom is -0.491 e. The first kappa shape index (κ1) is 17.8. The highest BCUT2D eigenvalue weighted by Gasteiger charge is 2.07. The van der Waals surface area contributed by atoms with Gasteiger partial charge in [0.15, 0.2) is 0 Å². The molecule has 0 radical (unpaired) electrons. The first-order chi connectivity index (χ1) is 11.6. The van der Waals surface area contributed by atoms with E-state index in [1.807, 2.05) is 26.0 Å². The number of amides is 1. The third kappa shape index (κ3) is 5.59. The number of rotatable bonds is 8. The summed E-state index contributed by atoms with van der Waals surface area (Å²) in [6.45, 7) is 4.95. The molecule has 0 aliphatic rings. The summed E-state index contributed by atoms with van der Waals surface area (Å²) in [5.41, 5.74) is 1.29. The maximum atomic E-state index is 12.2. The predicted molar refractivity (Wildman–Crippen MR) is 94.0 cm³/mol. The highest BCUT2D eigenvalue weighted by Crippen LogP contribution is 2.18. The Labute approximate surface area is 142 Å². The lowest BCUT2D eigenvalue weighted by atomic mass is 10.2. The number of benzene rings is 2. The minimum absolute atomic E-state index is 0.106. The van der Waals surface area contributed by atoms with E-state index in [2.05, 4.69) is 5.32 Å². The average molecular weight is 329 g/mol. The number of ether oxygens (including phenoxy) is 3. The number of methoxy groups -OCH3 is 1. The smallest absolute Gasteiger partial charge is 0.255 e. The maximum absolute atomic E-state index is 12.2. The quantitative estimate of drug-likeness (QED) is 0.749. The second-order valence-corrected chi connectivity index (χ2v) is 5.51. The van der Waals surface area contributed by atoms with Gasteiger partial charge in [0.05, 0.1) is 12.7 Å². The summed E-state index contributed by atoms with van der Waals surface area (Å²) in [5.74, 6) is 1.32. The topological polar surface area (TPSA) is 56.8 Å². The van der Waals surface area contributed by atoms with Gasteiger partial charge in [-0.2, -0.15) is 0 Å². The normalized spacial score (nSPS) is 10.5. The molecule has 24 heavy (non-hydrogen) atoms. The summed E-state index contributed by atoms with van der Waals surface area (Å²) < 4.78 is 16.0. The van der Waals surface area contributed by atoms with Crippen molar-refractivity contribution >= 4 is 11.6 Å². The van der Waals surface area contributed by atoms with Gasteiger partial charge >= 0.3 is 0 Å². The van der Waals surface area contributed by atoms with Crippen LogP contribution >= 0.6 is 0 Å². The van der Waals surface area contributed by atoms with E-state index < -0.39 is 0 Å². The molecule has 0 atom stereocenters. The third-order valence-electron chi connectivity index (χ3n) is 3.16. The maximum Gasteiger partial charge on any atom is 0.255 e. The predicted octanol–water partition coefficient (Wildman–Crippen LogP) is 3.75. The van der Waals surface area contributed by atoms with Gasteiger partial charge < -0.3 is 19.5 Å². The number of anilines is 1. The number of hydrogen-bond acceptors (Lipinski definition) is 4. The highest BCUT2D eigenvalue weighted by molar-refractivity contribution is 6.04. The summed E-state index contributed by atoms with van der Waals surface area (Å²) in [7, 11) is 1.63. The van der Waals surface area contributed by atoms with Gasteiger partial charge in [0.25, 0.3) is 5.91 Å². The molecular weight excluding hydrogens is 306 g/mol. The van der Waals surface area contributed by atoms with Crippen molar-refractivity contribution in [1.82, 2.24) is 0 Å². The Hall–Kier alpha value is -2.53. The fourth-order valence-electron chi connectivity index (χ4n) is 2.04. The van der Waals surface area contributed by atoms with Crippen LogP contribution < -0.4 is 14.8 Å². The van der Waals surface area contributed by atoms with Crippen LogP contribution in [0.15, 0.2) is 48.5 Å². The van der Waals surface area contributed by atoms with Crippen LogP contribution in [0.25, 0.3) is 0 Å². The summed E-state index contributed by atoms with van der Waals surface area (Å²) in [5, 5.41) is 2.85. The molecule has 0 aromatic heterocycles. The van der Waals surface area contributed by atoms with Gasteiger partial charge in [-0.1, -0.05) is 0 Å². The van der Waals surface area contributed by atoms with Crippen LogP contribution in [0.3, 0.4) is 0 Å². The molecule has 1 N–H and O–H groups in total. The summed E-state index contributed by atoms with van der Waals surface area (Å²) in [6, 6.07) is 14.3. The van der Waals surface area contributed by atoms with E-state index in [0.29, 0.717) is 24.5 Å². The van der Waals surface area contributed by atoms with Crippen molar-refractivity contribution in [2.75, 3.05) is 25.6 Å². The SMILES string of the molecule is COCCOc1ccc(NC(=O)c2ccc(OC(C)C)cc2)cc1. The summed E-state index contributed by atoms with van der Waals surface area (Å²) >= 11 is 0. The van der Waals surface area contributed by atoms with Gasteiger partial charge in [-0.3, -0.25) is 4.79 Å². The van der Waals surface area contributed by atoms with Crippen LogP contribution in [-0.2, 0) is 4.74 Å². The van der Waals surface area contributed by atoms with E-state index in [9.17, 15) is 4.79 Å². The Bertz CT molecular complexity index is 635. The van der Waals surface area contributed by atoms with E-state index in [1.54, 1.807) is 43.5 Å². The summed E-state index contributed by atoms with van der Waals surface area (Å²) in [6.07, 6.45) is 0.106. The monoisotopic (exact) mass is 329 g/mol.